The van der Waals surface area contributed by atoms with Gasteiger partial charge in [-0.05, 0) is 69.2 Å². The summed E-state index contributed by atoms with van der Waals surface area (Å²) in [6, 6.07) is 31.9. The number of hydrogen-bond donors (Lipinski definition) is 2. The normalized spacial score (nSPS) is 18.7. The Morgan fingerprint density at radius 2 is 1.24 bits per heavy atom. The standard InChI is InChI=1S/C36H43N4S2/c1-26-13-15-32(28(3)23-26)41-34-11-7-5-9-30(34)39-20-17-38-25-36(39)40(21-18-37-19-22-40)31-10-6-8-12-35(31)42-33-16-14-27(2)24-29(33)4/h5-16,23-24,36-38H,17-22,25H2,1-4H3/q+1. The molecular weight excluding hydrogens is 553 g/mol. The molecule has 218 valence electrons. The number of nitrogens with one attached hydrogen (secondary N) is 2. The highest BCUT2D eigenvalue weighted by atomic mass is 32.2. The van der Waals surface area contributed by atoms with Gasteiger partial charge in [0.1, 0.15) is 5.69 Å². The Hall–Kier alpha value is -2.74. The number of anilines is 1. The second kappa shape index (κ2) is 12.9. The van der Waals surface area contributed by atoms with Gasteiger partial charge in [-0.2, -0.15) is 0 Å². The van der Waals surface area contributed by atoms with E-state index >= 15 is 0 Å². The van der Waals surface area contributed by atoms with E-state index < -0.39 is 0 Å². The molecule has 0 radical (unpaired) electrons. The van der Waals surface area contributed by atoms with Crippen molar-refractivity contribution in [3.8, 4) is 0 Å². The molecule has 0 aromatic heterocycles. The summed E-state index contributed by atoms with van der Waals surface area (Å²) in [6.45, 7) is 16.0. The number of rotatable bonds is 7. The highest BCUT2D eigenvalue weighted by Crippen LogP contribution is 2.44. The Labute approximate surface area is 260 Å². The Kier molecular flexibility index (Phi) is 8.98. The van der Waals surface area contributed by atoms with Crippen LogP contribution in [0.1, 0.15) is 22.3 Å². The predicted molar refractivity (Wildman–Crippen MR) is 181 cm³/mol. The number of hydrogen-bond acceptors (Lipinski definition) is 5. The quantitative estimate of drug-likeness (QED) is 0.215. The number of nitrogens with zero attached hydrogens (tertiary/aromatic N) is 2. The molecule has 0 amide bonds. The van der Waals surface area contributed by atoms with Crippen molar-refractivity contribution in [3.05, 3.63) is 107 Å². The molecule has 2 saturated heterocycles. The third kappa shape index (κ3) is 6.01. The molecular formula is C36H43N4S2+. The molecule has 2 fully saturated rings. The summed E-state index contributed by atoms with van der Waals surface area (Å²) in [5.74, 6) is 0. The van der Waals surface area contributed by atoms with E-state index in [9.17, 15) is 0 Å². The summed E-state index contributed by atoms with van der Waals surface area (Å²) in [5.41, 5.74) is 8.12. The average molecular weight is 596 g/mol. The fourth-order valence-corrected chi connectivity index (χ4v) is 8.79. The van der Waals surface area contributed by atoms with E-state index in [1.165, 1.54) is 53.2 Å². The molecule has 2 aliphatic rings. The molecule has 4 nitrogen and oxygen atoms in total. The lowest BCUT2D eigenvalue weighted by molar-refractivity contribution is 0.154. The molecule has 1 atom stereocenters. The number of para-hydroxylation sites is 2. The van der Waals surface area contributed by atoms with Gasteiger partial charge in [0.15, 0.2) is 6.17 Å². The minimum Gasteiger partial charge on any atom is -0.319 e. The van der Waals surface area contributed by atoms with Crippen molar-refractivity contribution >= 4 is 34.9 Å². The molecule has 0 saturated carbocycles. The van der Waals surface area contributed by atoms with Crippen LogP contribution in [0.4, 0.5) is 11.4 Å². The Bertz CT molecular complexity index is 1550. The van der Waals surface area contributed by atoms with Crippen molar-refractivity contribution in [2.45, 2.75) is 53.4 Å². The SMILES string of the molecule is Cc1ccc(Sc2ccccc2N2CCNCC2[N+]2(c3ccccc3Sc3ccc(C)cc3C)CCNCC2)c(C)c1. The molecule has 4 aromatic carbocycles. The monoisotopic (exact) mass is 595 g/mol. The Morgan fingerprint density at radius 3 is 1.90 bits per heavy atom. The van der Waals surface area contributed by atoms with Crippen molar-refractivity contribution in [1.82, 2.24) is 15.1 Å². The van der Waals surface area contributed by atoms with Gasteiger partial charge in [0.2, 0.25) is 0 Å². The third-order valence-corrected chi connectivity index (χ3v) is 11.3. The molecule has 6 heteroatoms. The maximum Gasteiger partial charge on any atom is 0.182 e. The molecule has 0 spiro atoms. The molecule has 0 bridgehead atoms. The van der Waals surface area contributed by atoms with Crippen LogP contribution < -0.4 is 20.0 Å². The zero-order valence-electron chi connectivity index (χ0n) is 25.3. The number of quaternary nitrogens is 1. The second-order valence-electron chi connectivity index (χ2n) is 11.8. The van der Waals surface area contributed by atoms with E-state index in [0.29, 0.717) is 6.17 Å². The summed E-state index contributed by atoms with van der Waals surface area (Å²) >= 11 is 3.84. The molecule has 0 aliphatic carbocycles. The molecule has 42 heavy (non-hydrogen) atoms. The Morgan fingerprint density at radius 1 is 0.643 bits per heavy atom. The van der Waals surface area contributed by atoms with Crippen molar-refractivity contribution in [3.63, 3.8) is 0 Å². The number of piperazine rings is 2. The summed E-state index contributed by atoms with van der Waals surface area (Å²) in [7, 11) is 0. The highest BCUT2D eigenvalue weighted by molar-refractivity contribution is 7.99. The van der Waals surface area contributed by atoms with E-state index in [4.69, 9.17) is 0 Å². The van der Waals surface area contributed by atoms with Crippen molar-refractivity contribution < 1.29 is 0 Å². The summed E-state index contributed by atoms with van der Waals surface area (Å²) in [4.78, 5) is 8.11. The lowest BCUT2D eigenvalue weighted by Crippen LogP contribution is -2.74. The van der Waals surface area contributed by atoms with Crippen molar-refractivity contribution in [2.75, 3.05) is 50.7 Å². The Balaban J connectivity index is 1.41. The number of aryl methyl sites for hydroxylation is 4. The summed E-state index contributed by atoms with van der Waals surface area (Å²) in [5, 5.41) is 7.48. The van der Waals surface area contributed by atoms with Crippen LogP contribution in [0.2, 0.25) is 0 Å². The minimum atomic E-state index is 0.294. The lowest BCUT2D eigenvalue weighted by Gasteiger charge is -2.53. The average Bonchev–Trinajstić information content (AvgIpc) is 3.01. The molecule has 2 N–H and O–H groups in total. The first-order chi connectivity index (χ1) is 20.4. The van der Waals surface area contributed by atoms with Gasteiger partial charge in [0, 0.05) is 46.9 Å². The van der Waals surface area contributed by atoms with E-state index in [0.717, 1.165) is 50.3 Å². The van der Waals surface area contributed by atoms with Crippen LogP contribution in [0.25, 0.3) is 0 Å². The predicted octanol–water partition coefficient (Wildman–Crippen LogP) is 7.57. The van der Waals surface area contributed by atoms with Gasteiger partial charge >= 0.3 is 0 Å². The molecule has 2 aliphatic heterocycles. The minimum absolute atomic E-state index is 0.294. The van der Waals surface area contributed by atoms with Crippen LogP contribution >= 0.6 is 23.5 Å². The first kappa shape index (κ1) is 29.3. The maximum absolute atomic E-state index is 3.80. The van der Waals surface area contributed by atoms with Crippen molar-refractivity contribution in [2.24, 2.45) is 0 Å². The first-order valence-electron chi connectivity index (χ1n) is 15.2. The van der Waals surface area contributed by atoms with Crippen LogP contribution in [0, 0.1) is 27.7 Å². The second-order valence-corrected chi connectivity index (χ2v) is 14.0. The van der Waals surface area contributed by atoms with E-state index in [-0.39, 0.29) is 0 Å². The fraction of sp³-hybridized carbons (Fsp3) is 0.333. The zero-order chi connectivity index (χ0) is 29.1. The van der Waals surface area contributed by atoms with Gasteiger partial charge < -0.3 is 15.5 Å². The van der Waals surface area contributed by atoms with Crippen molar-refractivity contribution in [1.29, 1.82) is 0 Å². The third-order valence-electron chi connectivity index (χ3n) is 8.78. The van der Waals surface area contributed by atoms with Gasteiger partial charge in [0.25, 0.3) is 0 Å². The summed E-state index contributed by atoms with van der Waals surface area (Å²) < 4.78 is 0.955. The van der Waals surface area contributed by atoms with Crippen LogP contribution in [-0.2, 0) is 0 Å². The largest absolute Gasteiger partial charge is 0.319 e. The summed E-state index contributed by atoms with van der Waals surface area (Å²) in [6.07, 6.45) is 0.294. The van der Waals surface area contributed by atoms with Crippen LogP contribution in [0.5, 0.6) is 0 Å². The number of benzene rings is 4. The molecule has 6 rings (SSSR count). The first-order valence-corrected chi connectivity index (χ1v) is 16.8. The van der Waals surface area contributed by atoms with Gasteiger partial charge in [-0.1, -0.05) is 83.2 Å². The molecule has 4 aromatic rings. The van der Waals surface area contributed by atoms with E-state index in [1.54, 1.807) is 0 Å². The topological polar surface area (TPSA) is 27.3 Å². The smallest absolute Gasteiger partial charge is 0.182 e. The zero-order valence-corrected chi connectivity index (χ0v) is 27.0. The van der Waals surface area contributed by atoms with Gasteiger partial charge in [0.05, 0.1) is 30.2 Å². The van der Waals surface area contributed by atoms with E-state index in [1.807, 2.05) is 23.5 Å². The maximum atomic E-state index is 3.80. The molecule has 1 unspecified atom stereocenters. The molecule has 2 heterocycles. The van der Waals surface area contributed by atoms with Crippen LogP contribution in [-0.4, -0.2) is 52.0 Å². The lowest BCUT2D eigenvalue weighted by atomic mass is 10.1. The fourth-order valence-electron chi connectivity index (χ4n) is 6.66. The highest BCUT2D eigenvalue weighted by Gasteiger charge is 2.46. The van der Waals surface area contributed by atoms with Crippen LogP contribution in [0.3, 0.4) is 0 Å². The van der Waals surface area contributed by atoms with Gasteiger partial charge in [-0.15, -0.1) is 0 Å². The van der Waals surface area contributed by atoms with Gasteiger partial charge in [-0.25, -0.2) is 0 Å². The van der Waals surface area contributed by atoms with Gasteiger partial charge in [-0.3, -0.25) is 4.48 Å². The van der Waals surface area contributed by atoms with Crippen LogP contribution in [0.15, 0.2) is 105 Å². The van der Waals surface area contributed by atoms with E-state index in [2.05, 4.69) is 128 Å².